The minimum absolute atomic E-state index is 0.0205. The molecule has 80 valence electrons. The molecule has 1 aliphatic heterocycles. The zero-order chi connectivity index (χ0) is 11.0. The lowest BCUT2D eigenvalue weighted by Crippen LogP contribution is -2.22. The smallest absolute Gasteiger partial charge is 0.164 e. The van der Waals surface area contributed by atoms with Gasteiger partial charge in [-0.1, -0.05) is 41.5 Å². The first-order valence-electron chi connectivity index (χ1n) is 4.98. The van der Waals surface area contributed by atoms with Crippen LogP contribution in [0.25, 0.3) is 0 Å². The Morgan fingerprint density at radius 1 is 0.929 bits per heavy atom. The van der Waals surface area contributed by atoms with Crippen molar-refractivity contribution in [3.05, 3.63) is 23.7 Å². The Balaban J connectivity index is 3.18. The molecule has 0 spiro atoms. The minimum atomic E-state index is -0.0205. The molecule has 1 rings (SSSR count). The molecule has 0 saturated carbocycles. The van der Waals surface area contributed by atoms with E-state index < -0.39 is 0 Å². The molecule has 0 fully saturated rings. The highest BCUT2D eigenvalue weighted by atomic mass is 17.2. The summed E-state index contributed by atoms with van der Waals surface area (Å²) in [4.78, 5) is 10.2. The minimum Gasteiger partial charge on any atom is -0.298 e. The standard InChI is InChI=1S/C12H20O2/c1-11(2,3)9-7-8-13-14-10(9)12(4,5)6/h7-8H,1-6H3. The summed E-state index contributed by atoms with van der Waals surface area (Å²) >= 11 is 0. The molecule has 2 heteroatoms. The first-order chi connectivity index (χ1) is 6.23. The van der Waals surface area contributed by atoms with Gasteiger partial charge in [-0.15, -0.1) is 0 Å². The van der Waals surface area contributed by atoms with Crippen LogP contribution in [0.2, 0.25) is 0 Å². The molecule has 0 aromatic heterocycles. The maximum atomic E-state index is 5.27. The topological polar surface area (TPSA) is 18.5 Å². The predicted octanol–water partition coefficient (Wildman–Crippen LogP) is 3.81. The van der Waals surface area contributed by atoms with Crippen LogP contribution >= 0.6 is 0 Å². The summed E-state index contributed by atoms with van der Waals surface area (Å²) in [6, 6.07) is 0. The highest BCUT2D eigenvalue weighted by Gasteiger charge is 2.31. The summed E-state index contributed by atoms with van der Waals surface area (Å²) in [5.74, 6) is 0.924. The first-order valence-corrected chi connectivity index (χ1v) is 4.98. The van der Waals surface area contributed by atoms with Gasteiger partial charge in [0.2, 0.25) is 0 Å². The lowest BCUT2D eigenvalue weighted by Gasteiger charge is -2.31. The van der Waals surface area contributed by atoms with Crippen molar-refractivity contribution >= 4 is 0 Å². The van der Waals surface area contributed by atoms with Crippen LogP contribution < -0.4 is 0 Å². The fraction of sp³-hybridized carbons (Fsp3) is 0.667. The van der Waals surface area contributed by atoms with Crippen molar-refractivity contribution in [2.75, 3.05) is 0 Å². The molecule has 0 unspecified atom stereocenters. The van der Waals surface area contributed by atoms with Crippen LogP contribution in [0.1, 0.15) is 41.5 Å². The molecule has 14 heavy (non-hydrogen) atoms. The van der Waals surface area contributed by atoms with Crippen molar-refractivity contribution in [2.24, 2.45) is 10.8 Å². The van der Waals surface area contributed by atoms with E-state index >= 15 is 0 Å². The van der Waals surface area contributed by atoms with Crippen molar-refractivity contribution in [3.8, 4) is 0 Å². The molecule has 0 bridgehead atoms. The van der Waals surface area contributed by atoms with Gasteiger partial charge in [0.1, 0.15) is 6.26 Å². The molecule has 0 aromatic carbocycles. The fourth-order valence-corrected chi connectivity index (χ4v) is 1.41. The SMILES string of the molecule is CC(C)(C)C1=C(C(C)(C)C)OOC=C1. The lowest BCUT2D eigenvalue weighted by molar-refractivity contribution is -0.229. The van der Waals surface area contributed by atoms with Gasteiger partial charge in [-0.25, -0.2) is 0 Å². The molecule has 0 atom stereocenters. The third kappa shape index (κ3) is 2.31. The van der Waals surface area contributed by atoms with Gasteiger partial charge in [-0.2, -0.15) is 0 Å². The molecule has 1 aliphatic rings. The quantitative estimate of drug-likeness (QED) is 0.548. The van der Waals surface area contributed by atoms with Crippen molar-refractivity contribution < 1.29 is 9.78 Å². The predicted molar refractivity (Wildman–Crippen MR) is 57.2 cm³/mol. The van der Waals surface area contributed by atoms with E-state index in [2.05, 4.69) is 41.5 Å². The zero-order valence-corrected chi connectivity index (χ0v) is 9.97. The molecule has 0 aromatic rings. The van der Waals surface area contributed by atoms with E-state index in [-0.39, 0.29) is 10.8 Å². The van der Waals surface area contributed by atoms with Gasteiger partial charge in [0, 0.05) is 11.0 Å². The Bertz CT molecular complexity index is 272. The molecule has 0 saturated heterocycles. The first kappa shape index (κ1) is 11.2. The molecule has 0 radical (unpaired) electrons. The lowest BCUT2D eigenvalue weighted by atomic mass is 9.79. The van der Waals surface area contributed by atoms with Crippen molar-refractivity contribution in [1.29, 1.82) is 0 Å². The maximum Gasteiger partial charge on any atom is 0.164 e. The van der Waals surface area contributed by atoms with Crippen LogP contribution in [-0.4, -0.2) is 0 Å². The Labute approximate surface area is 86.5 Å². The summed E-state index contributed by atoms with van der Waals surface area (Å²) in [5.41, 5.74) is 1.27. The second-order valence-electron chi connectivity index (χ2n) is 5.73. The summed E-state index contributed by atoms with van der Waals surface area (Å²) in [7, 11) is 0. The van der Waals surface area contributed by atoms with Crippen molar-refractivity contribution in [1.82, 2.24) is 0 Å². The van der Waals surface area contributed by atoms with E-state index in [0.29, 0.717) is 0 Å². The second-order valence-corrected chi connectivity index (χ2v) is 5.73. The van der Waals surface area contributed by atoms with Crippen LogP contribution in [0.15, 0.2) is 23.7 Å². The third-order valence-corrected chi connectivity index (χ3v) is 2.16. The van der Waals surface area contributed by atoms with Gasteiger partial charge < -0.3 is 0 Å². The molecule has 1 heterocycles. The maximum absolute atomic E-state index is 5.27. The monoisotopic (exact) mass is 196 g/mol. The van der Waals surface area contributed by atoms with Gasteiger partial charge in [-0.3, -0.25) is 9.78 Å². The highest BCUT2D eigenvalue weighted by molar-refractivity contribution is 5.30. The molecule has 0 aliphatic carbocycles. The normalized spacial score (nSPS) is 17.9. The van der Waals surface area contributed by atoms with E-state index in [1.54, 1.807) is 6.26 Å². The number of allylic oxidation sites excluding steroid dienone is 3. The van der Waals surface area contributed by atoms with Gasteiger partial charge in [-0.05, 0) is 11.5 Å². The second kappa shape index (κ2) is 3.34. The molecular formula is C12H20O2. The third-order valence-electron chi connectivity index (χ3n) is 2.16. The van der Waals surface area contributed by atoms with Crippen LogP contribution in [0.5, 0.6) is 0 Å². The molecule has 2 nitrogen and oxygen atoms in total. The van der Waals surface area contributed by atoms with Crippen LogP contribution in [0.4, 0.5) is 0 Å². The molecule has 0 amide bonds. The number of hydrogen-bond donors (Lipinski definition) is 0. The largest absolute Gasteiger partial charge is 0.298 e. The van der Waals surface area contributed by atoms with Gasteiger partial charge in [0.25, 0.3) is 0 Å². The molecular weight excluding hydrogens is 176 g/mol. The fourth-order valence-electron chi connectivity index (χ4n) is 1.41. The van der Waals surface area contributed by atoms with Crippen LogP contribution in [0.3, 0.4) is 0 Å². The summed E-state index contributed by atoms with van der Waals surface area (Å²) in [6.45, 7) is 12.9. The van der Waals surface area contributed by atoms with E-state index in [4.69, 9.17) is 9.78 Å². The van der Waals surface area contributed by atoms with Crippen molar-refractivity contribution in [2.45, 2.75) is 41.5 Å². The van der Waals surface area contributed by atoms with Crippen LogP contribution in [-0.2, 0) is 9.78 Å². The average molecular weight is 196 g/mol. The average Bonchev–Trinajstić information content (AvgIpc) is 2.01. The van der Waals surface area contributed by atoms with Gasteiger partial charge >= 0.3 is 0 Å². The summed E-state index contributed by atoms with van der Waals surface area (Å²) in [5, 5.41) is 0. The number of rotatable bonds is 0. The van der Waals surface area contributed by atoms with Crippen LogP contribution in [0, 0.1) is 10.8 Å². The zero-order valence-electron chi connectivity index (χ0n) is 9.97. The Hall–Kier alpha value is -0.920. The Morgan fingerprint density at radius 3 is 1.86 bits per heavy atom. The van der Waals surface area contributed by atoms with E-state index in [0.717, 1.165) is 5.76 Å². The highest BCUT2D eigenvalue weighted by Crippen LogP contribution is 2.39. The van der Waals surface area contributed by atoms with Gasteiger partial charge in [0.15, 0.2) is 5.76 Å². The summed E-state index contributed by atoms with van der Waals surface area (Å²) in [6.07, 6.45) is 3.58. The Kier molecular flexibility index (Phi) is 2.66. The van der Waals surface area contributed by atoms with Crippen molar-refractivity contribution in [3.63, 3.8) is 0 Å². The van der Waals surface area contributed by atoms with E-state index in [1.165, 1.54) is 5.57 Å². The van der Waals surface area contributed by atoms with E-state index in [1.807, 2.05) is 6.08 Å². The van der Waals surface area contributed by atoms with E-state index in [9.17, 15) is 0 Å². The Morgan fingerprint density at radius 2 is 1.50 bits per heavy atom. The van der Waals surface area contributed by atoms with Gasteiger partial charge in [0.05, 0.1) is 0 Å². The molecule has 0 N–H and O–H groups in total. The summed E-state index contributed by atoms with van der Waals surface area (Å²) < 4.78 is 0. The number of hydrogen-bond acceptors (Lipinski definition) is 2.